The number of hydrogen-bond acceptors (Lipinski definition) is 3. The van der Waals surface area contributed by atoms with E-state index in [0.717, 1.165) is 0 Å². The molecule has 0 saturated carbocycles. The first-order valence-corrected chi connectivity index (χ1v) is 7.70. The molecule has 0 aromatic heterocycles. The lowest BCUT2D eigenvalue weighted by atomic mass is 10.2. The first kappa shape index (κ1) is 16.3. The molecule has 3 nitrogen and oxygen atoms in total. The molecule has 2 aromatic carbocycles. The number of carbonyl (C=O) groups excluding carboxylic acids is 1. The SMILES string of the molecule is COc1ccc(F)cc1CSCC(=O)Nc1ccccc1F. The normalized spacial score (nSPS) is 10.3. The number of methoxy groups -OCH3 is 1. The van der Waals surface area contributed by atoms with Gasteiger partial charge in [0.15, 0.2) is 0 Å². The first-order valence-electron chi connectivity index (χ1n) is 6.54. The molecular formula is C16H15F2NO2S. The predicted molar refractivity (Wildman–Crippen MR) is 84.1 cm³/mol. The number of halogens is 2. The fourth-order valence-corrected chi connectivity index (χ4v) is 2.67. The van der Waals surface area contributed by atoms with Gasteiger partial charge in [-0.3, -0.25) is 4.79 Å². The van der Waals surface area contributed by atoms with Crippen LogP contribution in [0.4, 0.5) is 14.5 Å². The second-order valence-electron chi connectivity index (χ2n) is 4.48. The molecule has 1 N–H and O–H groups in total. The topological polar surface area (TPSA) is 38.3 Å². The maximum Gasteiger partial charge on any atom is 0.234 e. The number of carbonyl (C=O) groups is 1. The van der Waals surface area contributed by atoms with E-state index in [2.05, 4.69) is 5.32 Å². The highest BCUT2D eigenvalue weighted by molar-refractivity contribution is 7.99. The maximum atomic E-state index is 13.4. The molecule has 0 bridgehead atoms. The Morgan fingerprint density at radius 2 is 2.00 bits per heavy atom. The molecule has 0 saturated heterocycles. The number of para-hydroxylation sites is 1. The van der Waals surface area contributed by atoms with E-state index in [0.29, 0.717) is 17.1 Å². The van der Waals surface area contributed by atoms with Gasteiger partial charge in [-0.1, -0.05) is 12.1 Å². The molecule has 0 aliphatic rings. The molecule has 2 aromatic rings. The van der Waals surface area contributed by atoms with Crippen molar-refractivity contribution in [1.82, 2.24) is 0 Å². The van der Waals surface area contributed by atoms with Gasteiger partial charge in [0.05, 0.1) is 18.6 Å². The van der Waals surface area contributed by atoms with Gasteiger partial charge in [0.25, 0.3) is 0 Å². The van der Waals surface area contributed by atoms with Gasteiger partial charge in [-0.15, -0.1) is 11.8 Å². The molecule has 116 valence electrons. The van der Waals surface area contributed by atoms with Crippen LogP contribution in [-0.2, 0) is 10.5 Å². The summed E-state index contributed by atoms with van der Waals surface area (Å²) in [7, 11) is 1.51. The zero-order valence-corrected chi connectivity index (χ0v) is 12.8. The molecule has 0 aliphatic heterocycles. The average Bonchev–Trinajstić information content (AvgIpc) is 2.50. The van der Waals surface area contributed by atoms with Crippen molar-refractivity contribution in [2.45, 2.75) is 5.75 Å². The Morgan fingerprint density at radius 1 is 1.23 bits per heavy atom. The number of hydrogen-bond donors (Lipinski definition) is 1. The van der Waals surface area contributed by atoms with Crippen LogP contribution < -0.4 is 10.1 Å². The molecule has 0 atom stereocenters. The van der Waals surface area contributed by atoms with Gasteiger partial charge in [-0.05, 0) is 30.3 Å². The van der Waals surface area contributed by atoms with Crippen LogP contribution in [0.15, 0.2) is 42.5 Å². The van der Waals surface area contributed by atoms with E-state index in [1.54, 1.807) is 18.2 Å². The molecule has 0 unspecified atom stereocenters. The molecule has 1 amide bonds. The van der Waals surface area contributed by atoms with E-state index in [4.69, 9.17) is 4.74 Å². The van der Waals surface area contributed by atoms with Crippen LogP contribution in [0.1, 0.15) is 5.56 Å². The van der Waals surface area contributed by atoms with Crippen molar-refractivity contribution in [3.8, 4) is 5.75 Å². The standard InChI is InChI=1S/C16H15F2NO2S/c1-21-15-7-6-12(17)8-11(15)9-22-10-16(20)19-14-5-3-2-4-13(14)18/h2-8H,9-10H2,1H3,(H,19,20). The molecule has 0 heterocycles. The van der Waals surface area contributed by atoms with Crippen LogP contribution in [0.5, 0.6) is 5.75 Å². The lowest BCUT2D eigenvalue weighted by Gasteiger charge is -2.09. The third-order valence-electron chi connectivity index (χ3n) is 2.88. The Bertz CT molecular complexity index is 664. The smallest absolute Gasteiger partial charge is 0.234 e. The van der Waals surface area contributed by atoms with Crippen molar-refractivity contribution in [2.24, 2.45) is 0 Å². The molecule has 0 fully saturated rings. The number of amides is 1. The van der Waals surface area contributed by atoms with Crippen LogP contribution in [0.3, 0.4) is 0 Å². The summed E-state index contributed by atoms with van der Waals surface area (Å²) in [6, 6.07) is 10.2. The van der Waals surface area contributed by atoms with Crippen molar-refractivity contribution in [1.29, 1.82) is 0 Å². The molecule has 0 radical (unpaired) electrons. The van der Waals surface area contributed by atoms with Crippen molar-refractivity contribution in [3.05, 3.63) is 59.7 Å². The summed E-state index contributed by atoms with van der Waals surface area (Å²) < 4.78 is 31.8. The van der Waals surface area contributed by atoms with Crippen LogP contribution in [0, 0.1) is 11.6 Å². The number of rotatable bonds is 6. The summed E-state index contributed by atoms with van der Waals surface area (Å²) in [6.07, 6.45) is 0. The van der Waals surface area contributed by atoms with E-state index in [-0.39, 0.29) is 23.2 Å². The fraction of sp³-hybridized carbons (Fsp3) is 0.188. The van der Waals surface area contributed by atoms with E-state index in [1.807, 2.05) is 0 Å². The van der Waals surface area contributed by atoms with Gasteiger partial charge < -0.3 is 10.1 Å². The molecular weight excluding hydrogens is 308 g/mol. The van der Waals surface area contributed by atoms with Crippen molar-refractivity contribution in [3.63, 3.8) is 0 Å². The third kappa shape index (κ3) is 4.46. The molecule has 6 heteroatoms. The highest BCUT2D eigenvalue weighted by Gasteiger charge is 2.09. The van der Waals surface area contributed by atoms with Crippen molar-refractivity contribution < 1.29 is 18.3 Å². The van der Waals surface area contributed by atoms with Crippen molar-refractivity contribution >= 4 is 23.4 Å². The highest BCUT2D eigenvalue weighted by Crippen LogP contribution is 2.24. The Kier molecular flexibility index (Phi) is 5.77. The molecule has 0 spiro atoms. The monoisotopic (exact) mass is 323 g/mol. The molecule has 2 rings (SSSR count). The minimum absolute atomic E-state index is 0.133. The van der Waals surface area contributed by atoms with Crippen LogP contribution >= 0.6 is 11.8 Å². The van der Waals surface area contributed by atoms with E-state index < -0.39 is 5.82 Å². The molecule has 22 heavy (non-hydrogen) atoms. The zero-order chi connectivity index (χ0) is 15.9. The summed E-state index contributed by atoms with van der Waals surface area (Å²) in [5.74, 6) is -0.0201. The largest absolute Gasteiger partial charge is 0.496 e. The number of ether oxygens (including phenoxy) is 1. The lowest BCUT2D eigenvalue weighted by molar-refractivity contribution is -0.113. The maximum absolute atomic E-state index is 13.4. The van der Waals surface area contributed by atoms with Crippen LogP contribution in [0.25, 0.3) is 0 Å². The van der Waals surface area contributed by atoms with Crippen LogP contribution in [0.2, 0.25) is 0 Å². The first-order chi connectivity index (χ1) is 10.6. The van der Waals surface area contributed by atoms with Crippen LogP contribution in [-0.4, -0.2) is 18.8 Å². The van der Waals surface area contributed by atoms with E-state index in [9.17, 15) is 13.6 Å². The summed E-state index contributed by atoms with van der Waals surface area (Å²) in [6.45, 7) is 0. The lowest BCUT2D eigenvalue weighted by Crippen LogP contribution is -2.15. The summed E-state index contributed by atoms with van der Waals surface area (Å²) >= 11 is 1.30. The third-order valence-corrected chi connectivity index (χ3v) is 3.86. The number of nitrogens with one attached hydrogen (secondary N) is 1. The number of anilines is 1. The predicted octanol–water partition coefficient (Wildman–Crippen LogP) is 3.85. The van der Waals surface area contributed by atoms with Gasteiger partial charge in [-0.25, -0.2) is 8.78 Å². The van der Waals surface area contributed by atoms with Gasteiger partial charge >= 0.3 is 0 Å². The number of benzene rings is 2. The Hall–Kier alpha value is -2.08. The second kappa shape index (κ2) is 7.79. The van der Waals surface area contributed by atoms with E-state index >= 15 is 0 Å². The summed E-state index contributed by atoms with van der Waals surface area (Å²) in [5, 5.41) is 2.50. The van der Waals surface area contributed by atoms with Gasteiger partial charge in [0.2, 0.25) is 5.91 Å². The summed E-state index contributed by atoms with van der Waals surface area (Å²) in [5.41, 5.74) is 0.822. The highest BCUT2D eigenvalue weighted by atomic mass is 32.2. The quantitative estimate of drug-likeness (QED) is 0.877. The fourth-order valence-electron chi connectivity index (χ4n) is 1.86. The van der Waals surface area contributed by atoms with Crippen molar-refractivity contribution in [2.75, 3.05) is 18.2 Å². The zero-order valence-electron chi connectivity index (χ0n) is 11.9. The van der Waals surface area contributed by atoms with Gasteiger partial charge in [0.1, 0.15) is 17.4 Å². The Labute approximate surface area is 131 Å². The minimum atomic E-state index is -0.479. The molecule has 0 aliphatic carbocycles. The summed E-state index contributed by atoms with van der Waals surface area (Å²) in [4.78, 5) is 11.8. The second-order valence-corrected chi connectivity index (χ2v) is 5.46. The van der Waals surface area contributed by atoms with Gasteiger partial charge in [0, 0.05) is 11.3 Å². The Morgan fingerprint density at radius 3 is 2.73 bits per heavy atom. The minimum Gasteiger partial charge on any atom is -0.496 e. The average molecular weight is 323 g/mol. The van der Waals surface area contributed by atoms with E-state index in [1.165, 1.54) is 43.1 Å². The van der Waals surface area contributed by atoms with Gasteiger partial charge in [-0.2, -0.15) is 0 Å². The Balaban J connectivity index is 1.87. The number of thioether (sulfide) groups is 1.